The summed E-state index contributed by atoms with van der Waals surface area (Å²) in [6.07, 6.45) is 2.15. The highest BCUT2D eigenvalue weighted by Crippen LogP contribution is 2.25. The van der Waals surface area contributed by atoms with Crippen LogP contribution >= 0.6 is 11.6 Å². The van der Waals surface area contributed by atoms with Crippen LogP contribution < -0.4 is 5.73 Å². The second-order valence-electron chi connectivity index (χ2n) is 5.15. The molecule has 0 aliphatic carbocycles. The number of pyridine rings is 1. The summed E-state index contributed by atoms with van der Waals surface area (Å²) in [6, 6.07) is 7.45. The van der Waals surface area contributed by atoms with E-state index in [0.717, 1.165) is 16.5 Å². The van der Waals surface area contributed by atoms with E-state index < -0.39 is 11.8 Å². The summed E-state index contributed by atoms with van der Waals surface area (Å²) in [5.74, 6) is -1.43. The quantitative estimate of drug-likeness (QED) is 0.877. The number of likely N-dealkylation sites (tertiary alicyclic amines) is 1. The Hall–Kier alpha value is -2.14. The fourth-order valence-corrected chi connectivity index (χ4v) is 2.85. The molecule has 0 unspecified atom stereocenters. The summed E-state index contributed by atoms with van der Waals surface area (Å²) in [5.41, 5.74) is 6.99. The maximum absolute atomic E-state index is 12.1. The van der Waals surface area contributed by atoms with Crippen LogP contribution in [-0.2, 0) is 16.1 Å². The van der Waals surface area contributed by atoms with Crippen LogP contribution in [0.5, 0.6) is 0 Å². The molecule has 2 amide bonds. The average molecular weight is 304 g/mol. The summed E-state index contributed by atoms with van der Waals surface area (Å²) in [7, 11) is 0. The molecular weight excluding hydrogens is 290 g/mol. The van der Waals surface area contributed by atoms with Gasteiger partial charge in [0.1, 0.15) is 5.92 Å². The minimum Gasteiger partial charge on any atom is -0.369 e. The molecule has 1 aliphatic heterocycles. The monoisotopic (exact) mass is 303 g/mol. The third kappa shape index (κ3) is 2.56. The van der Waals surface area contributed by atoms with E-state index in [4.69, 9.17) is 17.3 Å². The van der Waals surface area contributed by atoms with E-state index in [1.807, 2.05) is 18.2 Å². The van der Waals surface area contributed by atoms with E-state index in [1.165, 1.54) is 0 Å². The van der Waals surface area contributed by atoms with E-state index in [0.29, 0.717) is 24.5 Å². The van der Waals surface area contributed by atoms with Gasteiger partial charge in [0.05, 0.1) is 10.5 Å². The number of nitrogens with two attached hydrogens (primary N) is 1. The lowest BCUT2D eigenvalue weighted by molar-refractivity contribution is -0.136. The first-order valence-corrected chi connectivity index (χ1v) is 7.05. The molecular formula is C15H14ClN3O2. The Labute approximate surface area is 126 Å². The molecule has 0 spiro atoms. The number of hydrogen-bond donors (Lipinski definition) is 1. The number of amides is 2. The van der Waals surface area contributed by atoms with Crippen LogP contribution in [0.3, 0.4) is 0 Å². The highest BCUT2D eigenvalue weighted by atomic mass is 35.5. The smallest absolute Gasteiger partial charge is 0.235 e. The van der Waals surface area contributed by atoms with Gasteiger partial charge in [-0.2, -0.15) is 0 Å². The van der Waals surface area contributed by atoms with Crippen molar-refractivity contribution in [2.24, 2.45) is 11.7 Å². The zero-order valence-corrected chi connectivity index (χ0v) is 12.0. The number of benzene rings is 1. The number of halogens is 1. The fraction of sp³-hybridized carbons (Fsp3) is 0.267. The topological polar surface area (TPSA) is 76.3 Å². The number of primary amides is 1. The van der Waals surface area contributed by atoms with Crippen LogP contribution in [0, 0.1) is 5.92 Å². The van der Waals surface area contributed by atoms with Crippen LogP contribution in [0.2, 0.25) is 5.02 Å². The van der Waals surface area contributed by atoms with Gasteiger partial charge in [-0.3, -0.25) is 14.6 Å². The van der Waals surface area contributed by atoms with Crippen molar-refractivity contribution in [2.75, 3.05) is 6.54 Å². The molecule has 1 aliphatic rings. The van der Waals surface area contributed by atoms with Crippen molar-refractivity contribution in [1.82, 2.24) is 9.88 Å². The van der Waals surface area contributed by atoms with Crippen LogP contribution in [0.25, 0.3) is 10.9 Å². The molecule has 2 N–H and O–H groups in total. The average Bonchev–Trinajstić information content (AvgIpc) is 2.81. The molecule has 2 aromatic rings. The van der Waals surface area contributed by atoms with Crippen molar-refractivity contribution >= 4 is 34.3 Å². The number of hydrogen-bond acceptors (Lipinski definition) is 3. The zero-order chi connectivity index (χ0) is 15.0. The van der Waals surface area contributed by atoms with Crippen molar-refractivity contribution in [3.63, 3.8) is 0 Å². The maximum atomic E-state index is 12.1. The number of carbonyl (C=O) groups is 2. The largest absolute Gasteiger partial charge is 0.369 e. The fourth-order valence-electron chi connectivity index (χ4n) is 2.64. The Balaban J connectivity index is 1.84. The third-order valence-electron chi connectivity index (χ3n) is 3.77. The van der Waals surface area contributed by atoms with E-state index in [2.05, 4.69) is 4.98 Å². The first-order chi connectivity index (χ1) is 10.1. The van der Waals surface area contributed by atoms with Gasteiger partial charge < -0.3 is 10.6 Å². The van der Waals surface area contributed by atoms with Crippen LogP contribution in [0.1, 0.15) is 12.0 Å². The van der Waals surface area contributed by atoms with Gasteiger partial charge >= 0.3 is 0 Å². The third-order valence-corrected chi connectivity index (χ3v) is 4.10. The first-order valence-electron chi connectivity index (χ1n) is 6.67. The summed E-state index contributed by atoms with van der Waals surface area (Å²) in [5, 5.41) is 1.49. The van der Waals surface area contributed by atoms with Gasteiger partial charge in [-0.1, -0.05) is 17.7 Å². The number of carbonyl (C=O) groups excluding carboxylic acids is 2. The molecule has 1 fully saturated rings. The van der Waals surface area contributed by atoms with E-state index in [1.54, 1.807) is 17.2 Å². The Morgan fingerprint density at radius 3 is 2.95 bits per heavy atom. The summed E-state index contributed by atoms with van der Waals surface area (Å²) >= 11 is 6.16. The molecule has 1 aromatic carbocycles. The van der Waals surface area contributed by atoms with Crippen molar-refractivity contribution < 1.29 is 9.59 Å². The molecule has 0 bridgehead atoms. The van der Waals surface area contributed by atoms with Gasteiger partial charge in [0.15, 0.2) is 0 Å². The molecule has 1 saturated heterocycles. The molecule has 0 saturated carbocycles. The Morgan fingerprint density at radius 2 is 2.24 bits per heavy atom. The van der Waals surface area contributed by atoms with Crippen LogP contribution in [0.4, 0.5) is 0 Å². The van der Waals surface area contributed by atoms with E-state index >= 15 is 0 Å². The van der Waals surface area contributed by atoms with Crippen molar-refractivity contribution in [3.05, 3.63) is 41.0 Å². The van der Waals surface area contributed by atoms with Crippen molar-refractivity contribution in [3.8, 4) is 0 Å². The second-order valence-corrected chi connectivity index (χ2v) is 5.55. The second kappa shape index (κ2) is 5.33. The first kappa shape index (κ1) is 13.8. The van der Waals surface area contributed by atoms with Gasteiger partial charge in [0, 0.05) is 24.7 Å². The predicted octanol–water partition coefficient (Wildman–Crippen LogP) is 1.72. The minimum absolute atomic E-state index is 0.195. The Kier molecular flexibility index (Phi) is 3.51. The van der Waals surface area contributed by atoms with Gasteiger partial charge in [0.2, 0.25) is 11.8 Å². The normalized spacial score (nSPS) is 18.4. The summed E-state index contributed by atoms with van der Waals surface area (Å²) < 4.78 is 0. The molecule has 21 heavy (non-hydrogen) atoms. The molecule has 1 aromatic heterocycles. The molecule has 2 heterocycles. The van der Waals surface area contributed by atoms with E-state index in [-0.39, 0.29) is 5.91 Å². The predicted molar refractivity (Wildman–Crippen MR) is 79.5 cm³/mol. The number of fused-ring (bicyclic) bond motifs is 1. The standard InChI is InChI=1S/C15H14ClN3O2/c16-12-3-5-18-13-2-1-9(7-11(12)13)8-19-6-4-10(14(17)20)15(19)21/h1-3,5,7,10H,4,6,8H2,(H2,17,20)/t10-/m0/s1. The lowest BCUT2D eigenvalue weighted by Gasteiger charge is -2.16. The van der Waals surface area contributed by atoms with Crippen LogP contribution in [-0.4, -0.2) is 28.2 Å². The van der Waals surface area contributed by atoms with Crippen molar-refractivity contribution in [1.29, 1.82) is 0 Å². The molecule has 6 heteroatoms. The minimum atomic E-state index is -0.685. The molecule has 3 rings (SSSR count). The zero-order valence-electron chi connectivity index (χ0n) is 11.3. The number of rotatable bonds is 3. The molecule has 5 nitrogen and oxygen atoms in total. The molecule has 108 valence electrons. The highest BCUT2D eigenvalue weighted by Gasteiger charge is 2.35. The van der Waals surface area contributed by atoms with Gasteiger partial charge in [0.25, 0.3) is 0 Å². The Morgan fingerprint density at radius 1 is 1.43 bits per heavy atom. The van der Waals surface area contributed by atoms with Gasteiger partial charge in [-0.25, -0.2) is 0 Å². The number of nitrogens with zero attached hydrogens (tertiary/aromatic N) is 2. The lowest BCUT2D eigenvalue weighted by Crippen LogP contribution is -2.33. The highest BCUT2D eigenvalue weighted by molar-refractivity contribution is 6.35. The summed E-state index contributed by atoms with van der Waals surface area (Å²) in [6.45, 7) is 0.995. The molecule has 0 radical (unpaired) electrons. The Bertz CT molecular complexity index is 732. The van der Waals surface area contributed by atoms with Gasteiger partial charge in [-0.05, 0) is 30.2 Å². The van der Waals surface area contributed by atoms with Crippen molar-refractivity contribution in [2.45, 2.75) is 13.0 Å². The number of aromatic nitrogens is 1. The van der Waals surface area contributed by atoms with E-state index in [9.17, 15) is 9.59 Å². The molecule has 1 atom stereocenters. The SMILES string of the molecule is NC(=O)[C@@H]1CCN(Cc2ccc3nccc(Cl)c3c2)C1=O. The van der Waals surface area contributed by atoms with Gasteiger partial charge in [-0.15, -0.1) is 0 Å². The lowest BCUT2D eigenvalue weighted by atomic mass is 10.1. The maximum Gasteiger partial charge on any atom is 0.235 e. The summed E-state index contributed by atoms with van der Waals surface area (Å²) in [4.78, 5) is 29.1. The van der Waals surface area contributed by atoms with Crippen LogP contribution in [0.15, 0.2) is 30.5 Å².